The molecule has 0 N–H and O–H groups in total. The molecule has 35 heavy (non-hydrogen) atoms. The number of rotatable bonds is 14. The van der Waals surface area contributed by atoms with E-state index in [1.54, 1.807) is 0 Å². The molecule has 0 aliphatic carbocycles. The Hall–Kier alpha value is -3.27. The predicted molar refractivity (Wildman–Crippen MR) is 142 cm³/mol. The Labute approximate surface area is 209 Å². The lowest BCUT2D eigenvalue weighted by Gasteiger charge is -2.25. The van der Waals surface area contributed by atoms with Gasteiger partial charge in [-0.1, -0.05) is 97.1 Å². The highest BCUT2D eigenvalue weighted by atomic mass is 16.5. The van der Waals surface area contributed by atoms with Crippen LogP contribution in [0.5, 0.6) is 0 Å². The Morgan fingerprint density at radius 2 is 1.11 bits per heavy atom. The third-order valence-corrected chi connectivity index (χ3v) is 6.18. The van der Waals surface area contributed by atoms with E-state index in [0.717, 1.165) is 37.8 Å². The predicted octanol–water partition coefficient (Wildman–Crippen LogP) is 7.21. The van der Waals surface area contributed by atoms with Crippen LogP contribution in [0, 0.1) is 0 Å². The van der Waals surface area contributed by atoms with Crippen molar-refractivity contribution < 1.29 is 9.47 Å². The van der Waals surface area contributed by atoms with E-state index in [4.69, 9.17) is 9.47 Å². The number of hydrogen-bond acceptors (Lipinski definition) is 3. The zero-order chi connectivity index (χ0) is 24.0. The van der Waals surface area contributed by atoms with E-state index in [-0.39, 0.29) is 12.2 Å². The first-order valence-corrected chi connectivity index (χ1v) is 12.6. The Morgan fingerprint density at radius 3 is 1.69 bits per heavy atom. The van der Waals surface area contributed by atoms with Crippen molar-refractivity contribution >= 4 is 0 Å². The Kier molecular flexibility index (Phi) is 10.1. The number of benzene rings is 3. The molecule has 0 spiro atoms. The van der Waals surface area contributed by atoms with E-state index in [1.807, 2.05) is 30.5 Å². The average molecular weight is 466 g/mol. The van der Waals surface area contributed by atoms with Crippen molar-refractivity contribution in [3.05, 3.63) is 138 Å². The van der Waals surface area contributed by atoms with E-state index in [2.05, 4.69) is 89.9 Å². The molecule has 0 aliphatic heterocycles. The first kappa shape index (κ1) is 24.8. The van der Waals surface area contributed by atoms with Crippen LogP contribution < -0.4 is 0 Å². The molecule has 0 fully saturated rings. The van der Waals surface area contributed by atoms with Crippen molar-refractivity contribution in [2.75, 3.05) is 0 Å². The van der Waals surface area contributed by atoms with Gasteiger partial charge in [-0.05, 0) is 48.1 Å². The molecule has 0 saturated carbocycles. The first-order valence-electron chi connectivity index (χ1n) is 12.6. The number of aryl methyl sites for hydroxylation is 1. The van der Waals surface area contributed by atoms with E-state index in [1.165, 1.54) is 16.7 Å². The van der Waals surface area contributed by atoms with Crippen molar-refractivity contribution in [2.45, 2.75) is 57.5 Å². The fraction of sp³-hybridized carbons (Fsp3) is 0.281. The third kappa shape index (κ3) is 9.12. The molecule has 0 aliphatic rings. The molecule has 4 aromatic rings. The largest absolute Gasteiger partial charge is 0.373 e. The molecule has 3 aromatic carbocycles. The standard InChI is InChI=1S/C32H35NO2/c1-4-13-27(14-5-1)19-12-21-31(34-25-28-15-6-2-7-16-28)24-32(23-30-20-10-11-22-33-30)35-26-29-17-8-3-9-18-29/h1-11,13-18,20,22,31-32H,12,19,21,23-26H2. The second kappa shape index (κ2) is 14.2. The highest BCUT2D eigenvalue weighted by molar-refractivity contribution is 5.15. The van der Waals surface area contributed by atoms with Crippen molar-refractivity contribution in [2.24, 2.45) is 0 Å². The van der Waals surface area contributed by atoms with Gasteiger partial charge < -0.3 is 9.47 Å². The number of pyridine rings is 1. The molecule has 2 atom stereocenters. The van der Waals surface area contributed by atoms with Crippen molar-refractivity contribution in [1.29, 1.82) is 0 Å². The molecule has 2 unspecified atom stereocenters. The van der Waals surface area contributed by atoms with Gasteiger partial charge in [0.25, 0.3) is 0 Å². The Morgan fingerprint density at radius 1 is 0.571 bits per heavy atom. The molecule has 0 amide bonds. The lowest BCUT2D eigenvalue weighted by Crippen LogP contribution is -2.26. The molecule has 0 radical (unpaired) electrons. The van der Waals surface area contributed by atoms with Gasteiger partial charge >= 0.3 is 0 Å². The van der Waals surface area contributed by atoms with E-state index in [0.29, 0.717) is 13.2 Å². The molecular formula is C32H35NO2. The fourth-order valence-corrected chi connectivity index (χ4v) is 4.28. The summed E-state index contributed by atoms with van der Waals surface area (Å²) in [4.78, 5) is 4.56. The van der Waals surface area contributed by atoms with Crippen LogP contribution in [0.15, 0.2) is 115 Å². The van der Waals surface area contributed by atoms with Gasteiger partial charge in [0.05, 0.1) is 25.4 Å². The molecule has 1 heterocycles. The maximum Gasteiger partial charge on any atom is 0.0720 e. The summed E-state index contributed by atoms with van der Waals surface area (Å²) in [7, 11) is 0. The highest BCUT2D eigenvalue weighted by Crippen LogP contribution is 2.20. The van der Waals surface area contributed by atoms with Crippen LogP contribution in [-0.4, -0.2) is 17.2 Å². The third-order valence-electron chi connectivity index (χ3n) is 6.18. The summed E-state index contributed by atoms with van der Waals surface area (Å²) in [6, 6.07) is 37.6. The number of nitrogens with zero attached hydrogens (tertiary/aromatic N) is 1. The monoisotopic (exact) mass is 465 g/mol. The van der Waals surface area contributed by atoms with Crippen LogP contribution in [0.25, 0.3) is 0 Å². The molecule has 4 rings (SSSR count). The highest BCUT2D eigenvalue weighted by Gasteiger charge is 2.19. The molecule has 3 heteroatoms. The molecule has 180 valence electrons. The average Bonchev–Trinajstić information content (AvgIpc) is 2.92. The van der Waals surface area contributed by atoms with E-state index in [9.17, 15) is 0 Å². The SMILES string of the molecule is c1ccc(CCCC(CC(Cc2ccccn2)OCc2ccccc2)OCc2ccccc2)cc1. The summed E-state index contributed by atoms with van der Waals surface area (Å²) in [5.41, 5.74) is 4.81. The minimum atomic E-state index is 0.0302. The van der Waals surface area contributed by atoms with Crippen molar-refractivity contribution in [1.82, 2.24) is 4.98 Å². The van der Waals surface area contributed by atoms with Gasteiger partial charge in [-0.2, -0.15) is 0 Å². The lowest BCUT2D eigenvalue weighted by atomic mass is 10.00. The molecular weight excluding hydrogens is 430 g/mol. The summed E-state index contributed by atoms with van der Waals surface area (Å²) in [5, 5.41) is 0. The van der Waals surface area contributed by atoms with Gasteiger partial charge in [0, 0.05) is 24.7 Å². The summed E-state index contributed by atoms with van der Waals surface area (Å²) in [5.74, 6) is 0. The Bertz CT molecular complexity index is 1070. The van der Waals surface area contributed by atoms with E-state index >= 15 is 0 Å². The number of aromatic nitrogens is 1. The second-order valence-electron chi connectivity index (χ2n) is 8.98. The number of hydrogen-bond donors (Lipinski definition) is 0. The Balaban J connectivity index is 1.42. The molecule has 0 bridgehead atoms. The van der Waals surface area contributed by atoms with Gasteiger partial charge in [0.1, 0.15) is 0 Å². The van der Waals surface area contributed by atoms with E-state index < -0.39 is 0 Å². The summed E-state index contributed by atoms with van der Waals surface area (Å²) in [6.45, 7) is 1.21. The zero-order valence-electron chi connectivity index (χ0n) is 20.3. The minimum Gasteiger partial charge on any atom is -0.373 e. The van der Waals surface area contributed by atoms with Gasteiger partial charge in [0.2, 0.25) is 0 Å². The van der Waals surface area contributed by atoms with Crippen LogP contribution in [0.3, 0.4) is 0 Å². The lowest BCUT2D eigenvalue weighted by molar-refractivity contribution is -0.0328. The van der Waals surface area contributed by atoms with Crippen LogP contribution in [0.2, 0.25) is 0 Å². The smallest absolute Gasteiger partial charge is 0.0720 e. The van der Waals surface area contributed by atoms with Gasteiger partial charge in [-0.25, -0.2) is 0 Å². The minimum absolute atomic E-state index is 0.0302. The number of ether oxygens (including phenoxy) is 2. The topological polar surface area (TPSA) is 31.4 Å². The maximum atomic E-state index is 6.49. The zero-order valence-corrected chi connectivity index (χ0v) is 20.3. The quantitative estimate of drug-likeness (QED) is 0.197. The van der Waals surface area contributed by atoms with Crippen LogP contribution >= 0.6 is 0 Å². The van der Waals surface area contributed by atoms with Crippen LogP contribution in [0.4, 0.5) is 0 Å². The van der Waals surface area contributed by atoms with Crippen molar-refractivity contribution in [3.63, 3.8) is 0 Å². The van der Waals surface area contributed by atoms with Crippen LogP contribution in [0.1, 0.15) is 41.6 Å². The van der Waals surface area contributed by atoms with Gasteiger partial charge in [0.15, 0.2) is 0 Å². The summed E-state index contributed by atoms with van der Waals surface area (Å²) >= 11 is 0. The molecule has 1 aromatic heterocycles. The fourth-order valence-electron chi connectivity index (χ4n) is 4.28. The van der Waals surface area contributed by atoms with Crippen LogP contribution in [-0.2, 0) is 35.5 Å². The maximum absolute atomic E-state index is 6.49. The van der Waals surface area contributed by atoms with Gasteiger partial charge in [-0.15, -0.1) is 0 Å². The first-order chi connectivity index (χ1) is 17.3. The molecule has 0 saturated heterocycles. The second-order valence-corrected chi connectivity index (χ2v) is 8.98. The normalized spacial score (nSPS) is 12.8. The summed E-state index contributed by atoms with van der Waals surface area (Å²) < 4.78 is 12.9. The van der Waals surface area contributed by atoms with Crippen molar-refractivity contribution in [3.8, 4) is 0 Å². The summed E-state index contributed by atoms with van der Waals surface area (Å²) in [6.07, 6.45) is 6.75. The molecule has 3 nitrogen and oxygen atoms in total. The van der Waals surface area contributed by atoms with Gasteiger partial charge in [-0.3, -0.25) is 4.98 Å².